The summed E-state index contributed by atoms with van der Waals surface area (Å²) in [6, 6.07) is 4.47. The second kappa shape index (κ2) is 6.58. The summed E-state index contributed by atoms with van der Waals surface area (Å²) in [7, 11) is 0. The van der Waals surface area contributed by atoms with Gasteiger partial charge in [0.25, 0.3) is 0 Å². The van der Waals surface area contributed by atoms with Gasteiger partial charge in [-0.25, -0.2) is 9.97 Å². The SMILES string of the molecule is CC(C)C(=O)N1CCC(Nc2ncc3ccc(C4CC4)nc3n2)CC1. The molecule has 132 valence electrons. The summed E-state index contributed by atoms with van der Waals surface area (Å²) >= 11 is 0. The van der Waals surface area contributed by atoms with Crippen molar-refractivity contribution in [1.29, 1.82) is 0 Å². The summed E-state index contributed by atoms with van der Waals surface area (Å²) < 4.78 is 0. The number of amides is 1. The number of nitrogens with one attached hydrogen (secondary N) is 1. The van der Waals surface area contributed by atoms with Crippen LogP contribution in [0.5, 0.6) is 0 Å². The van der Waals surface area contributed by atoms with Gasteiger partial charge in [-0.2, -0.15) is 4.98 Å². The van der Waals surface area contributed by atoms with Crippen molar-refractivity contribution in [2.45, 2.75) is 51.5 Å². The van der Waals surface area contributed by atoms with E-state index in [0.29, 0.717) is 17.9 Å². The maximum Gasteiger partial charge on any atom is 0.225 e. The number of nitrogens with zero attached hydrogens (tertiary/aromatic N) is 4. The van der Waals surface area contributed by atoms with Gasteiger partial charge in [0.05, 0.1) is 0 Å². The molecule has 25 heavy (non-hydrogen) atoms. The van der Waals surface area contributed by atoms with E-state index < -0.39 is 0 Å². The molecule has 0 unspecified atom stereocenters. The summed E-state index contributed by atoms with van der Waals surface area (Å²) in [5.74, 6) is 1.58. The molecule has 2 aromatic heterocycles. The molecule has 3 heterocycles. The normalized spacial score (nSPS) is 18.8. The van der Waals surface area contributed by atoms with Crippen LogP contribution in [-0.4, -0.2) is 44.9 Å². The molecule has 1 aliphatic heterocycles. The molecule has 1 saturated carbocycles. The van der Waals surface area contributed by atoms with Crippen molar-refractivity contribution in [2.24, 2.45) is 5.92 Å². The molecule has 1 N–H and O–H groups in total. The van der Waals surface area contributed by atoms with Crippen LogP contribution in [0.2, 0.25) is 0 Å². The van der Waals surface area contributed by atoms with Gasteiger partial charge in [0.2, 0.25) is 11.9 Å². The second-order valence-electron chi connectivity index (χ2n) is 7.52. The van der Waals surface area contributed by atoms with Crippen molar-refractivity contribution in [3.63, 3.8) is 0 Å². The molecule has 6 nitrogen and oxygen atoms in total. The van der Waals surface area contributed by atoms with Crippen molar-refractivity contribution >= 4 is 22.9 Å². The molecule has 0 spiro atoms. The highest BCUT2D eigenvalue weighted by Crippen LogP contribution is 2.39. The Morgan fingerprint density at radius 1 is 1.16 bits per heavy atom. The molecule has 0 bridgehead atoms. The van der Waals surface area contributed by atoms with E-state index in [0.717, 1.165) is 42.7 Å². The van der Waals surface area contributed by atoms with Crippen molar-refractivity contribution in [3.8, 4) is 0 Å². The molecule has 0 radical (unpaired) electrons. The van der Waals surface area contributed by atoms with E-state index in [1.54, 1.807) is 0 Å². The van der Waals surface area contributed by atoms with Crippen LogP contribution < -0.4 is 5.32 Å². The second-order valence-corrected chi connectivity index (χ2v) is 7.52. The van der Waals surface area contributed by atoms with E-state index in [1.165, 1.54) is 12.8 Å². The Balaban J connectivity index is 1.42. The molecule has 0 atom stereocenters. The molecule has 1 saturated heterocycles. The number of fused-ring (bicyclic) bond motifs is 1. The van der Waals surface area contributed by atoms with Gasteiger partial charge in [0.15, 0.2) is 5.65 Å². The van der Waals surface area contributed by atoms with Crippen LogP contribution in [0, 0.1) is 5.92 Å². The van der Waals surface area contributed by atoms with Crippen LogP contribution in [0.25, 0.3) is 11.0 Å². The number of carbonyl (C=O) groups is 1. The summed E-state index contributed by atoms with van der Waals surface area (Å²) in [6.07, 6.45) is 6.17. The van der Waals surface area contributed by atoms with Crippen LogP contribution in [0.1, 0.15) is 51.1 Å². The Hall–Kier alpha value is -2.24. The molecule has 4 rings (SSSR count). The van der Waals surface area contributed by atoms with E-state index in [-0.39, 0.29) is 11.8 Å². The minimum atomic E-state index is 0.0695. The van der Waals surface area contributed by atoms with Crippen LogP contribution in [-0.2, 0) is 4.79 Å². The molecular weight excluding hydrogens is 314 g/mol. The Morgan fingerprint density at radius 3 is 2.60 bits per heavy atom. The van der Waals surface area contributed by atoms with E-state index in [2.05, 4.69) is 27.4 Å². The first kappa shape index (κ1) is 16.2. The van der Waals surface area contributed by atoms with Crippen LogP contribution in [0.4, 0.5) is 5.95 Å². The third-order valence-corrected chi connectivity index (χ3v) is 5.09. The maximum atomic E-state index is 12.1. The van der Waals surface area contributed by atoms with E-state index in [4.69, 9.17) is 4.98 Å². The monoisotopic (exact) mass is 339 g/mol. The number of anilines is 1. The van der Waals surface area contributed by atoms with Gasteiger partial charge < -0.3 is 10.2 Å². The Morgan fingerprint density at radius 2 is 1.92 bits per heavy atom. The predicted molar refractivity (Wildman–Crippen MR) is 97.4 cm³/mol. The third-order valence-electron chi connectivity index (χ3n) is 5.09. The summed E-state index contributed by atoms with van der Waals surface area (Å²) in [5, 5.41) is 4.40. The fourth-order valence-electron chi connectivity index (χ4n) is 3.39. The summed E-state index contributed by atoms with van der Waals surface area (Å²) in [4.78, 5) is 27.8. The Kier molecular flexibility index (Phi) is 4.27. The number of likely N-dealkylation sites (tertiary alicyclic amines) is 1. The smallest absolute Gasteiger partial charge is 0.225 e. The van der Waals surface area contributed by atoms with Crippen molar-refractivity contribution in [2.75, 3.05) is 18.4 Å². The van der Waals surface area contributed by atoms with Crippen molar-refractivity contribution in [1.82, 2.24) is 19.9 Å². The zero-order valence-corrected chi connectivity index (χ0v) is 14.9. The van der Waals surface area contributed by atoms with Gasteiger partial charge in [0, 0.05) is 48.2 Å². The topological polar surface area (TPSA) is 71.0 Å². The lowest BCUT2D eigenvalue weighted by atomic mass is 10.0. The number of carbonyl (C=O) groups excluding carboxylic acids is 1. The van der Waals surface area contributed by atoms with Gasteiger partial charge in [-0.3, -0.25) is 4.79 Å². The average molecular weight is 339 g/mol. The maximum absolute atomic E-state index is 12.1. The van der Waals surface area contributed by atoms with Crippen molar-refractivity contribution < 1.29 is 4.79 Å². The molecule has 1 aliphatic carbocycles. The van der Waals surface area contributed by atoms with E-state index in [9.17, 15) is 4.79 Å². The van der Waals surface area contributed by atoms with Crippen LogP contribution >= 0.6 is 0 Å². The average Bonchev–Trinajstić information content (AvgIpc) is 3.46. The van der Waals surface area contributed by atoms with Crippen LogP contribution in [0.3, 0.4) is 0 Å². The lowest BCUT2D eigenvalue weighted by Gasteiger charge is -2.33. The minimum Gasteiger partial charge on any atom is -0.351 e. The number of rotatable bonds is 4. The van der Waals surface area contributed by atoms with Gasteiger partial charge >= 0.3 is 0 Å². The third kappa shape index (κ3) is 3.57. The van der Waals surface area contributed by atoms with Gasteiger partial charge in [-0.15, -0.1) is 0 Å². The Bertz CT molecular complexity index is 778. The summed E-state index contributed by atoms with van der Waals surface area (Å²) in [5.41, 5.74) is 1.92. The standard InChI is InChI=1S/C19H25N5O/c1-12(2)18(25)24-9-7-15(8-10-24)21-19-20-11-14-5-6-16(13-3-4-13)22-17(14)23-19/h5-6,11-13,15H,3-4,7-10H2,1-2H3,(H,20,21,22,23). The fraction of sp³-hybridized carbons (Fsp3) is 0.579. The largest absolute Gasteiger partial charge is 0.351 e. The lowest BCUT2D eigenvalue weighted by Crippen LogP contribution is -2.44. The zero-order valence-electron chi connectivity index (χ0n) is 14.9. The first-order valence-electron chi connectivity index (χ1n) is 9.29. The molecule has 2 aromatic rings. The highest BCUT2D eigenvalue weighted by atomic mass is 16.2. The van der Waals surface area contributed by atoms with Crippen molar-refractivity contribution in [3.05, 3.63) is 24.0 Å². The molecular formula is C19H25N5O. The molecule has 2 aliphatic rings. The molecule has 6 heteroatoms. The van der Waals surface area contributed by atoms with E-state index in [1.807, 2.05) is 24.9 Å². The highest BCUT2D eigenvalue weighted by molar-refractivity contribution is 5.78. The molecule has 1 amide bonds. The Labute approximate surface area is 148 Å². The predicted octanol–water partition coefficient (Wildman–Crippen LogP) is 2.96. The van der Waals surface area contributed by atoms with E-state index >= 15 is 0 Å². The quantitative estimate of drug-likeness (QED) is 0.927. The highest BCUT2D eigenvalue weighted by Gasteiger charge is 2.26. The zero-order chi connectivity index (χ0) is 17.4. The number of hydrogen-bond donors (Lipinski definition) is 1. The molecule has 2 fully saturated rings. The number of hydrogen-bond acceptors (Lipinski definition) is 5. The first-order chi connectivity index (χ1) is 12.1. The number of aromatic nitrogens is 3. The fourth-order valence-corrected chi connectivity index (χ4v) is 3.39. The minimum absolute atomic E-state index is 0.0695. The number of pyridine rings is 1. The summed E-state index contributed by atoms with van der Waals surface area (Å²) in [6.45, 7) is 5.51. The van der Waals surface area contributed by atoms with Gasteiger partial charge in [-0.05, 0) is 37.8 Å². The first-order valence-corrected chi connectivity index (χ1v) is 9.29. The lowest BCUT2D eigenvalue weighted by molar-refractivity contribution is -0.135. The van der Waals surface area contributed by atoms with Gasteiger partial charge in [-0.1, -0.05) is 13.8 Å². The van der Waals surface area contributed by atoms with Gasteiger partial charge in [0.1, 0.15) is 0 Å². The van der Waals surface area contributed by atoms with Crippen LogP contribution in [0.15, 0.2) is 18.3 Å². The number of piperidine rings is 1. The molecule has 0 aromatic carbocycles.